The summed E-state index contributed by atoms with van der Waals surface area (Å²) in [4.78, 5) is 16.4. The molecule has 0 spiro atoms. The smallest absolute Gasteiger partial charge is 0.220 e. The predicted octanol–water partition coefficient (Wildman–Crippen LogP) is 3.78. The third-order valence-corrected chi connectivity index (χ3v) is 3.14. The summed E-state index contributed by atoms with van der Waals surface area (Å²) in [5.41, 5.74) is 2.27. The van der Waals surface area contributed by atoms with Gasteiger partial charge in [-0.2, -0.15) is 0 Å². The molecule has 19 heavy (non-hydrogen) atoms. The van der Waals surface area contributed by atoms with Gasteiger partial charge in [0.05, 0.1) is 11.7 Å². The number of hydrogen-bond donors (Lipinski definition) is 1. The molecule has 0 aliphatic rings. The number of carbonyl (C=O) groups excluding carboxylic acids is 1. The van der Waals surface area contributed by atoms with Crippen LogP contribution in [0, 0.1) is 12.3 Å². The van der Waals surface area contributed by atoms with Gasteiger partial charge in [0.15, 0.2) is 0 Å². The Balaban J connectivity index is 2.57. The average molecular weight is 262 g/mol. The largest absolute Gasteiger partial charge is 0.348 e. The van der Waals surface area contributed by atoms with E-state index in [2.05, 4.69) is 38.0 Å². The number of carbonyl (C=O) groups is 1. The van der Waals surface area contributed by atoms with Crippen molar-refractivity contribution in [3.05, 3.63) is 29.6 Å². The van der Waals surface area contributed by atoms with Crippen molar-refractivity contribution >= 4 is 5.91 Å². The lowest BCUT2D eigenvalue weighted by Gasteiger charge is -2.20. The zero-order valence-electron chi connectivity index (χ0n) is 12.8. The van der Waals surface area contributed by atoms with Crippen molar-refractivity contribution < 1.29 is 4.79 Å². The van der Waals surface area contributed by atoms with Crippen LogP contribution in [0.4, 0.5) is 0 Å². The Bertz CT molecular complexity index is 404. The average Bonchev–Trinajstić information content (AvgIpc) is 2.34. The predicted molar refractivity (Wildman–Crippen MR) is 78.8 cm³/mol. The summed E-state index contributed by atoms with van der Waals surface area (Å²) in [5, 5.41) is 3.07. The molecule has 0 unspecified atom stereocenters. The molecule has 0 saturated heterocycles. The Morgan fingerprint density at radius 1 is 1.37 bits per heavy atom. The second-order valence-corrected chi connectivity index (χ2v) is 6.35. The molecule has 1 N–H and O–H groups in total. The minimum absolute atomic E-state index is 0.0214. The molecule has 0 saturated carbocycles. The van der Waals surface area contributed by atoms with Gasteiger partial charge in [0, 0.05) is 12.6 Å². The van der Waals surface area contributed by atoms with Gasteiger partial charge in [-0.05, 0) is 36.8 Å². The van der Waals surface area contributed by atoms with Crippen molar-refractivity contribution in [3.63, 3.8) is 0 Å². The van der Waals surface area contributed by atoms with Gasteiger partial charge in [-0.1, -0.05) is 33.8 Å². The third kappa shape index (κ3) is 5.86. The Hall–Kier alpha value is -1.38. The number of hydrogen-bond acceptors (Lipinski definition) is 2. The molecular formula is C16H26N2O. The first kappa shape index (κ1) is 15.7. The second kappa shape index (κ2) is 6.69. The summed E-state index contributed by atoms with van der Waals surface area (Å²) in [7, 11) is 0. The van der Waals surface area contributed by atoms with Gasteiger partial charge in [0.25, 0.3) is 0 Å². The van der Waals surface area contributed by atoms with Crippen molar-refractivity contribution in [2.75, 3.05) is 0 Å². The van der Waals surface area contributed by atoms with Gasteiger partial charge < -0.3 is 5.32 Å². The Morgan fingerprint density at radius 3 is 2.53 bits per heavy atom. The van der Waals surface area contributed by atoms with Gasteiger partial charge in [0.2, 0.25) is 5.91 Å². The number of amides is 1. The summed E-state index contributed by atoms with van der Waals surface area (Å²) < 4.78 is 0. The van der Waals surface area contributed by atoms with Crippen LogP contribution in [0.2, 0.25) is 0 Å². The van der Waals surface area contributed by atoms with Crippen LogP contribution in [0.3, 0.4) is 0 Å². The maximum atomic E-state index is 12.0. The van der Waals surface area contributed by atoms with E-state index in [-0.39, 0.29) is 17.4 Å². The standard InChI is InChI=1S/C16H26N2O/c1-6-13(14-8-7-12(2)11-17-14)18-15(19)9-10-16(3,4)5/h7-8,11,13H,6,9-10H2,1-5H3,(H,18,19)/t13-/m0/s1. The number of pyridine rings is 1. The first-order chi connectivity index (χ1) is 8.81. The Kier molecular flexibility index (Phi) is 5.52. The van der Waals surface area contributed by atoms with E-state index in [4.69, 9.17) is 0 Å². The molecule has 3 nitrogen and oxygen atoms in total. The van der Waals surface area contributed by atoms with Crippen LogP contribution in [-0.4, -0.2) is 10.9 Å². The molecule has 106 valence electrons. The number of nitrogens with zero attached hydrogens (tertiary/aromatic N) is 1. The van der Waals surface area contributed by atoms with Crippen molar-refractivity contribution in [1.82, 2.24) is 10.3 Å². The summed E-state index contributed by atoms with van der Waals surface area (Å²) in [5.74, 6) is 0.115. The molecule has 3 heteroatoms. The highest BCUT2D eigenvalue weighted by atomic mass is 16.1. The zero-order chi connectivity index (χ0) is 14.5. The van der Waals surface area contributed by atoms with E-state index in [1.165, 1.54) is 0 Å². The monoisotopic (exact) mass is 262 g/mol. The second-order valence-electron chi connectivity index (χ2n) is 6.35. The maximum absolute atomic E-state index is 12.0. The van der Waals surface area contributed by atoms with Crippen LogP contribution < -0.4 is 5.32 Å². The number of rotatable bonds is 5. The lowest BCUT2D eigenvalue weighted by molar-refractivity contribution is -0.122. The van der Waals surface area contributed by atoms with Crippen LogP contribution in [0.5, 0.6) is 0 Å². The summed E-state index contributed by atoms with van der Waals surface area (Å²) in [6.45, 7) is 10.5. The van der Waals surface area contributed by atoms with Crippen molar-refractivity contribution in [1.29, 1.82) is 0 Å². The maximum Gasteiger partial charge on any atom is 0.220 e. The van der Waals surface area contributed by atoms with E-state index in [1.54, 1.807) is 0 Å². The highest BCUT2D eigenvalue weighted by Gasteiger charge is 2.16. The van der Waals surface area contributed by atoms with Crippen molar-refractivity contribution in [3.8, 4) is 0 Å². The quantitative estimate of drug-likeness (QED) is 0.877. The normalized spacial score (nSPS) is 13.1. The Morgan fingerprint density at radius 2 is 2.05 bits per heavy atom. The lowest BCUT2D eigenvalue weighted by atomic mass is 9.90. The molecule has 1 rings (SSSR count). The summed E-state index contributed by atoms with van der Waals surface area (Å²) >= 11 is 0. The third-order valence-electron chi connectivity index (χ3n) is 3.14. The summed E-state index contributed by atoms with van der Waals surface area (Å²) in [6.07, 6.45) is 4.18. The molecule has 1 heterocycles. The van der Waals surface area contributed by atoms with E-state index in [1.807, 2.05) is 25.3 Å². The van der Waals surface area contributed by atoms with Gasteiger partial charge in [-0.25, -0.2) is 0 Å². The van der Waals surface area contributed by atoms with Crippen LogP contribution in [-0.2, 0) is 4.79 Å². The minimum atomic E-state index is 0.0214. The number of nitrogens with one attached hydrogen (secondary N) is 1. The molecule has 1 atom stereocenters. The van der Waals surface area contributed by atoms with Crippen molar-refractivity contribution in [2.45, 2.75) is 59.9 Å². The number of aromatic nitrogens is 1. The fraction of sp³-hybridized carbons (Fsp3) is 0.625. The highest BCUT2D eigenvalue weighted by molar-refractivity contribution is 5.76. The molecule has 0 aromatic carbocycles. The zero-order valence-corrected chi connectivity index (χ0v) is 12.8. The van der Waals surface area contributed by atoms with Gasteiger partial charge in [0.1, 0.15) is 0 Å². The molecule has 0 fully saturated rings. The SMILES string of the molecule is CC[C@H](NC(=O)CCC(C)(C)C)c1ccc(C)cn1. The molecule has 0 aliphatic heterocycles. The van der Waals surface area contributed by atoms with Crippen LogP contribution in [0.1, 0.15) is 64.3 Å². The van der Waals surface area contributed by atoms with Crippen LogP contribution >= 0.6 is 0 Å². The molecule has 0 aliphatic carbocycles. The Labute approximate surface area is 116 Å². The van der Waals surface area contributed by atoms with E-state index < -0.39 is 0 Å². The van der Waals surface area contributed by atoms with E-state index >= 15 is 0 Å². The molecular weight excluding hydrogens is 236 g/mol. The number of aryl methyl sites for hydroxylation is 1. The van der Waals surface area contributed by atoms with Crippen LogP contribution in [0.25, 0.3) is 0 Å². The van der Waals surface area contributed by atoms with Gasteiger partial charge in [-0.3, -0.25) is 9.78 Å². The first-order valence-electron chi connectivity index (χ1n) is 7.04. The molecule has 0 bridgehead atoms. The lowest BCUT2D eigenvalue weighted by Crippen LogP contribution is -2.29. The van der Waals surface area contributed by atoms with Crippen LogP contribution in [0.15, 0.2) is 18.3 Å². The molecule has 1 aromatic rings. The van der Waals surface area contributed by atoms with E-state index in [9.17, 15) is 4.79 Å². The minimum Gasteiger partial charge on any atom is -0.348 e. The summed E-state index contributed by atoms with van der Waals surface area (Å²) in [6, 6.07) is 4.05. The molecule has 1 aromatic heterocycles. The highest BCUT2D eigenvalue weighted by Crippen LogP contribution is 2.21. The van der Waals surface area contributed by atoms with Gasteiger partial charge >= 0.3 is 0 Å². The first-order valence-corrected chi connectivity index (χ1v) is 7.04. The van der Waals surface area contributed by atoms with E-state index in [0.29, 0.717) is 6.42 Å². The van der Waals surface area contributed by atoms with Crippen molar-refractivity contribution in [2.24, 2.45) is 5.41 Å². The molecule has 0 radical (unpaired) electrons. The van der Waals surface area contributed by atoms with E-state index in [0.717, 1.165) is 24.1 Å². The van der Waals surface area contributed by atoms with Gasteiger partial charge in [-0.15, -0.1) is 0 Å². The topological polar surface area (TPSA) is 42.0 Å². The fourth-order valence-corrected chi connectivity index (χ4v) is 1.83. The fourth-order valence-electron chi connectivity index (χ4n) is 1.83. The molecule has 1 amide bonds.